The summed E-state index contributed by atoms with van der Waals surface area (Å²) in [7, 11) is 1.25. The van der Waals surface area contributed by atoms with Crippen LogP contribution < -0.4 is 24.4 Å². The van der Waals surface area contributed by atoms with Gasteiger partial charge in [0.1, 0.15) is 11.5 Å². The number of furan rings is 1. The fourth-order valence-corrected chi connectivity index (χ4v) is 6.12. The van der Waals surface area contributed by atoms with Crippen molar-refractivity contribution in [2.24, 2.45) is 4.99 Å². The number of rotatable bonds is 11. The average molecular weight is 662 g/mol. The van der Waals surface area contributed by atoms with Gasteiger partial charge in [0.15, 0.2) is 22.9 Å². The largest absolute Gasteiger partial charge is 0.490 e. The number of nitro benzene ring substituents is 1. The Morgan fingerprint density at radius 1 is 1.06 bits per heavy atom. The molecule has 14 heteroatoms. The normalized spacial score (nSPS) is 14.3. The molecule has 0 fully saturated rings. The molecule has 5 rings (SSSR count). The van der Waals surface area contributed by atoms with Crippen molar-refractivity contribution in [2.75, 3.05) is 26.9 Å². The first-order valence-corrected chi connectivity index (χ1v) is 15.4. The van der Waals surface area contributed by atoms with E-state index in [1.807, 2.05) is 0 Å². The number of benzene rings is 2. The second kappa shape index (κ2) is 13.9. The first kappa shape index (κ1) is 32.9. The predicted molar refractivity (Wildman–Crippen MR) is 171 cm³/mol. The summed E-state index contributed by atoms with van der Waals surface area (Å²) in [5, 5.41) is 11.7. The summed E-state index contributed by atoms with van der Waals surface area (Å²) in [6, 6.07) is 12.0. The Bertz CT molecular complexity index is 2090. The smallest absolute Gasteiger partial charge is 0.343 e. The lowest BCUT2D eigenvalue weighted by molar-refractivity contribution is -0.384. The van der Waals surface area contributed by atoms with Crippen LogP contribution in [-0.2, 0) is 19.1 Å². The zero-order valence-electron chi connectivity index (χ0n) is 26.2. The molecule has 0 bridgehead atoms. The number of nitro groups is 1. The molecule has 2 aromatic heterocycles. The number of hydrogen-bond acceptors (Lipinski definition) is 12. The van der Waals surface area contributed by atoms with E-state index in [2.05, 4.69) is 9.73 Å². The minimum absolute atomic E-state index is 0.0969. The number of ether oxygens (including phenoxy) is 4. The summed E-state index contributed by atoms with van der Waals surface area (Å²) in [5.74, 6) is -0.0767. The number of nitrogens with zero attached hydrogens (tertiary/aromatic N) is 3. The van der Waals surface area contributed by atoms with Crippen LogP contribution in [0.5, 0.6) is 11.5 Å². The molecule has 0 aliphatic carbocycles. The molecular formula is C33H31N3O10S. The number of methoxy groups -OCH3 is 1. The molecule has 1 aliphatic rings. The maximum absolute atomic E-state index is 14.0. The summed E-state index contributed by atoms with van der Waals surface area (Å²) < 4.78 is 29.0. The number of carbonyl (C=O) groups is 2. The van der Waals surface area contributed by atoms with Crippen LogP contribution >= 0.6 is 11.3 Å². The maximum atomic E-state index is 14.0. The first-order valence-electron chi connectivity index (χ1n) is 14.6. The zero-order valence-corrected chi connectivity index (χ0v) is 27.0. The third kappa shape index (κ3) is 6.72. The van der Waals surface area contributed by atoms with E-state index in [9.17, 15) is 24.5 Å². The second-order valence-corrected chi connectivity index (χ2v) is 11.3. The molecule has 0 saturated heterocycles. The van der Waals surface area contributed by atoms with Gasteiger partial charge in [-0.2, -0.15) is 0 Å². The molecular weight excluding hydrogens is 630 g/mol. The third-order valence-corrected chi connectivity index (χ3v) is 8.17. The summed E-state index contributed by atoms with van der Waals surface area (Å²) in [4.78, 5) is 55.2. The van der Waals surface area contributed by atoms with Crippen LogP contribution in [0.15, 0.2) is 74.0 Å². The molecule has 0 N–H and O–H groups in total. The molecule has 13 nitrogen and oxygen atoms in total. The molecule has 244 valence electrons. The highest BCUT2D eigenvalue weighted by atomic mass is 32.1. The number of carbonyl (C=O) groups excluding carboxylic acids is 2. The minimum atomic E-state index is -0.941. The van der Waals surface area contributed by atoms with Crippen LogP contribution in [0.4, 0.5) is 5.69 Å². The molecule has 1 atom stereocenters. The van der Waals surface area contributed by atoms with Gasteiger partial charge in [-0.3, -0.25) is 19.5 Å². The lowest BCUT2D eigenvalue weighted by Gasteiger charge is -2.25. The van der Waals surface area contributed by atoms with Gasteiger partial charge >= 0.3 is 11.9 Å². The molecule has 4 aromatic rings. The Hall–Kier alpha value is -5.50. The van der Waals surface area contributed by atoms with Crippen molar-refractivity contribution in [2.45, 2.75) is 33.7 Å². The summed E-state index contributed by atoms with van der Waals surface area (Å²) >= 11 is 1.10. The van der Waals surface area contributed by atoms with Crippen LogP contribution in [0.1, 0.15) is 43.7 Å². The average Bonchev–Trinajstić information content (AvgIpc) is 3.63. The Morgan fingerprint density at radius 3 is 2.55 bits per heavy atom. The molecule has 2 aromatic carbocycles. The van der Waals surface area contributed by atoms with E-state index in [-0.39, 0.29) is 47.1 Å². The molecule has 0 saturated carbocycles. The van der Waals surface area contributed by atoms with Gasteiger partial charge in [0.25, 0.3) is 11.2 Å². The Labute approximate surface area is 272 Å². The van der Waals surface area contributed by atoms with Crippen LogP contribution in [0.25, 0.3) is 17.4 Å². The molecule has 0 radical (unpaired) electrons. The van der Waals surface area contributed by atoms with Crippen LogP contribution in [-0.4, -0.2) is 48.4 Å². The Morgan fingerprint density at radius 2 is 1.85 bits per heavy atom. The molecule has 0 unspecified atom stereocenters. The topological polar surface area (TPSA) is 162 Å². The Balaban J connectivity index is 1.62. The van der Waals surface area contributed by atoms with E-state index in [0.29, 0.717) is 33.1 Å². The highest BCUT2D eigenvalue weighted by Crippen LogP contribution is 2.37. The monoisotopic (exact) mass is 661 g/mol. The quantitative estimate of drug-likeness (QED) is 0.129. The maximum Gasteiger partial charge on any atom is 0.343 e. The zero-order chi connectivity index (χ0) is 33.8. The van der Waals surface area contributed by atoms with Crippen LogP contribution in [0.2, 0.25) is 0 Å². The molecule has 47 heavy (non-hydrogen) atoms. The minimum Gasteiger partial charge on any atom is -0.490 e. The SMILES string of the molecule is CCOC(=O)C1=C(C)N=c2s/c(=C/c3ccc(-c4ccc(C)cc4[N+](=O)[O-])o3)c(=O)n2[C@@H]1c1ccc(OCC(=O)OC)c(OCC)c1. The van der Waals surface area contributed by atoms with Gasteiger partial charge in [-0.1, -0.05) is 23.5 Å². The van der Waals surface area contributed by atoms with Gasteiger partial charge in [-0.05, 0) is 69.2 Å². The van der Waals surface area contributed by atoms with Crippen molar-refractivity contribution >= 4 is 35.0 Å². The highest BCUT2D eigenvalue weighted by Gasteiger charge is 2.34. The number of aromatic nitrogens is 1. The fourth-order valence-electron chi connectivity index (χ4n) is 5.09. The summed E-state index contributed by atoms with van der Waals surface area (Å²) in [6.45, 7) is 6.93. The van der Waals surface area contributed by atoms with Crippen LogP contribution in [0, 0.1) is 17.0 Å². The van der Waals surface area contributed by atoms with Crippen molar-refractivity contribution in [3.63, 3.8) is 0 Å². The van der Waals surface area contributed by atoms with E-state index < -0.39 is 28.5 Å². The number of allylic oxidation sites excluding steroid dienone is 1. The number of hydrogen-bond donors (Lipinski definition) is 0. The van der Waals surface area contributed by atoms with Gasteiger partial charge in [0.05, 0.1) is 52.7 Å². The number of thiazole rings is 1. The van der Waals surface area contributed by atoms with Crippen molar-refractivity contribution in [3.8, 4) is 22.8 Å². The van der Waals surface area contributed by atoms with E-state index in [0.717, 1.165) is 16.9 Å². The molecule has 0 amide bonds. The number of esters is 2. The van der Waals surface area contributed by atoms with E-state index in [1.165, 1.54) is 23.8 Å². The van der Waals surface area contributed by atoms with Crippen LogP contribution in [0.3, 0.4) is 0 Å². The van der Waals surface area contributed by atoms with Gasteiger partial charge < -0.3 is 23.4 Å². The standard InChI is InChI=1S/C33H31N3O10S/c1-6-43-26-15-20(9-12-25(26)45-17-28(37)42-5)30-29(32(39)44-7-2)19(4)34-33-35(30)31(38)27(47-33)16-21-10-13-24(46-21)22-11-8-18(3)14-23(22)36(40)41/h8-16,30H,6-7,17H2,1-5H3/b27-16+/t30-/m1/s1. The molecule has 1 aliphatic heterocycles. The van der Waals surface area contributed by atoms with E-state index in [4.69, 9.17) is 18.6 Å². The van der Waals surface area contributed by atoms with Crippen molar-refractivity contribution in [1.82, 2.24) is 4.57 Å². The number of fused-ring (bicyclic) bond motifs is 1. The number of aryl methyl sites for hydroxylation is 1. The fraction of sp³-hybridized carbons (Fsp3) is 0.273. The summed E-state index contributed by atoms with van der Waals surface area (Å²) in [5.41, 5.74) is 1.55. The highest BCUT2D eigenvalue weighted by molar-refractivity contribution is 7.07. The lowest BCUT2D eigenvalue weighted by atomic mass is 9.95. The first-order chi connectivity index (χ1) is 22.6. The van der Waals surface area contributed by atoms with Gasteiger partial charge in [-0.25, -0.2) is 14.6 Å². The second-order valence-electron chi connectivity index (χ2n) is 10.3. The van der Waals surface area contributed by atoms with E-state index in [1.54, 1.807) is 70.2 Å². The van der Waals surface area contributed by atoms with Gasteiger partial charge in [-0.15, -0.1) is 0 Å². The van der Waals surface area contributed by atoms with Gasteiger partial charge in [0, 0.05) is 12.1 Å². The van der Waals surface area contributed by atoms with Gasteiger partial charge in [0.2, 0.25) is 0 Å². The predicted octanol–water partition coefficient (Wildman–Crippen LogP) is 4.23. The van der Waals surface area contributed by atoms with Crippen molar-refractivity contribution < 1.29 is 37.9 Å². The Kier molecular flexibility index (Phi) is 9.70. The third-order valence-electron chi connectivity index (χ3n) is 7.19. The molecule has 3 heterocycles. The van der Waals surface area contributed by atoms with Crippen molar-refractivity contribution in [3.05, 3.63) is 106 Å². The lowest BCUT2D eigenvalue weighted by Crippen LogP contribution is -2.40. The summed E-state index contributed by atoms with van der Waals surface area (Å²) in [6.07, 6.45) is 1.53. The van der Waals surface area contributed by atoms with E-state index >= 15 is 0 Å². The molecule has 0 spiro atoms. The van der Waals surface area contributed by atoms with Crippen molar-refractivity contribution in [1.29, 1.82) is 0 Å².